The van der Waals surface area contributed by atoms with Crippen molar-refractivity contribution in [3.05, 3.63) is 17.6 Å². The van der Waals surface area contributed by atoms with E-state index in [0.29, 0.717) is 30.0 Å². The fourth-order valence-corrected chi connectivity index (χ4v) is 4.03. The van der Waals surface area contributed by atoms with Crippen molar-refractivity contribution < 1.29 is 12.8 Å². The van der Waals surface area contributed by atoms with Gasteiger partial charge in [0.05, 0.1) is 6.54 Å². The third kappa shape index (κ3) is 3.67. The van der Waals surface area contributed by atoms with Gasteiger partial charge >= 0.3 is 0 Å². The van der Waals surface area contributed by atoms with Crippen LogP contribution in [-0.4, -0.2) is 31.9 Å². The summed E-state index contributed by atoms with van der Waals surface area (Å²) in [6, 6.07) is 2.02. The van der Waals surface area contributed by atoms with Gasteiger partial charge in [0.25, 0.3) is 0 Å². The largest absolute Gasteiger partial charge is 0.464 e. The lowest BCUT2D eigenvalue weighted by Gasteiger charge is -2.23. The zero-order valence-electron chi connectivity index (χ0n) is 13.5. The van der Waals surface area contributed by atoms with E-state index in [1.54, 1.807) is 20.0 Å². The van der Waals surface area contributed by atoms with E-state index in [9.17, 15) is 8.42 Å². The molecule has 2 rings (SSSR count). The van der Waals surface area contributed by atoms with E-state index in [-0.39, 0.29) is 10.9 Å². The summed E-state index contributed by atoms with van der Waals surface area (Å²) in [6.45, 7) is 8.31. The predicted molar refractivity (Wildman–Crippen MR) is 82.6 cm³/mol. The van der Waals surface area contributed by atoms with Crippen molar-refractivity contribution in [2.75, 3.05) is 7.05 Å². The minimum absolute atomic E-state index is 0.0431. The first-order valence-electron chi connectivity index (χ1n) is 7.54. The number of nitrogens with zero attached hydrogens (tertiary/aromatic N) is 1. The third-order valence-corrected chi connectivity index (χ3v) is 6.19. The van der Waals surface area contributed by atoms with Gasteiger partial charge < -0.3 is 9.73 Å². The number of nitrogens with one attached hydrogen (secondary N) is 1. The summed E-state index contributed by atoms with van der Waals surface area (Å²) in [5, 5.41) is 3.23. The highest BCUT2D eigenvalue weighted by Crippen LogP contribution is 2.37. The van der Waals surface area contributed by atoms with Crippen LogP contribution in [0.1, 0.15) is 45.1 Å². The summed E-state index contributed by atoms with van der Waals surface area (Å²) < 4.78 is 32.5. The molecule has 0 saturated heterocycles. The maximum absolute atomic E-state index is 12.7. The summed E-state index contributed by atoms with van der Waals surface area (Å²) >= 11 is 0. The smallest absolute Gasteiger partial charge is 0.246 e. The van der Waals surface area contributed by atoms with Crippen molar-refractivity contribution in [2.45, 2.75) is 64.1 Å². The molecule has 1 aromatic heterocycles. The van der Waals surface area contributed by atoms with Crippen molar-refractivity contribution in [2.24, 2.45) is 5.92 Å². The first-order valence-corrected chi connectivity index (χ1v) is 8.98. The van der Waals surface area contributed by atoms with Gasteiger partial charge in [-0.3, -0.25) is 0 Å². The molecule has 1 N–H and O–H groups in total. The molecular weight excluding hydrogens is 288 g/mol. The molecular formula is C15H26N2O3S. The first kappa shape index (κ1) is 16.5. The van der Waals surface area contributed by atoms with E-state index >= 15 is 0 Å². The van der Waals surface area contributed by atoms with Crippen LogP contribution in [0.2, 0.25) is 0 Å². The lowest BCUT2D eigenvalue weighted by Crippen LogP contribution is -2.36. The van der Waals surface area contributed by atoms with Gasteiger partial charge in [0.15, 0.2) is 0 Å². The van der Waals surface area contributed by atoms with Crippen molar-refractivity contribution in [1.29, 1.82) is 0 Å². The van der Waals surface area contributed by atoms with E-state index in [2.05, 4.69) is 5.32 Å². The van der Waals surface area contributed by atoms with Gasteiger partial charge in [-0.15, -0.1) is 0 Å². The van der Waals surface area contributed by atoms with Crippen molar-refractivity contribution in [3.8, 4) is 0 Å². The minimum atomic E-state index is -3.48. The Morgan fingerprint density at radius 1 is 1.38 bits per heavy atom. The Kier molecular flexibility index (Phi) is 4.80. The molecule has 0 aromatic carbocycles. The topological polar surface area (TPSA) is 62.6 Å². The number of aryl methyl sites for hydroxylation is 1. The molecule has 1 saturated carbocycles. The molecule has 0 amide bonds. The molecule has 1 aliphatic rings. The van der Waals surface area contributed by atoms with Crippen LogP contribution in [-0.2, 0) is 16.6 Å². The van der Waals surface area contributed by atoms with Crippen molar-refractivity contribution in [3.63, 3.8) is 0 Å². The van der Waals surface area contributed by atoms with Crippen LogP contribution in [0.25, 0.3) is 0 Å². The second-order valence-electron chi connectivity index (χ2n) is 6.27. The fraction of sp³-hybridized carbons (Fsp3) is 0.733. The summed E-state index contributed by atoms with van der Waals surface area (Å²) in [7, 11) is -1.82. The molecule has 1 atom stereocenters. The van der Waals surface area contributed by atoms with Gasteiger partial charge in [0, 0.05) is 25.2 Å². The zero-order chi connectivity index (χ0) is 15.8. The van der Waals surface area contributed by atoms with Gasteiger partial charge in [-0.25, -0.2) is 8.42 Å². The molecule has 5 nitrogen and oxygen atoms in total. The standard InChI is InChI=1S/C15H26N2O3S/c1-10(2)16-9-14-8-15(12(4)20-14)21(18,19)17(5)11(3)13-6-7-13/h8,10-11,13,16H,6-7,9H2,1-5H3. The second kappa shape index (κ2) is 6.10. The maximum Gasteiger partial charge on any atom is 0.246 e. The molecule has 1 aromatic rings. The van der Waals surface area contributed by atoms with Crippen molar-refractivity contribution >= 4 is 10.0 Å². The summed E-state index contributed by atoms with van der Waals surface area (Å²) in [6.07, 6.45) is 2.24. The molecule has 0 radical (unpaired) electrons. The normalized spacial score (nSPS) is 17.7. The van der Waals surface area contributed by atoms with Crippen LogP contribution >= 0.6 is 0 Å². The first-order chi connectivity index (χ1) is 9.73. The lowest BCUT2D eigenvalue weighted by atomic mass is 10.2. The van der Waals surface area contributed by atoms with E-state index in [1.165, 1.54) is 4.31 Å². The summed E-state index contributed by atoms with van der Waals surface area (Å²) in [5.74, 6) is 1.62. The molecule has 120 valence electrons. The number of hydrogen-bond donors (Lipinski definition) is 1. The number of rotatable bonds is 7. The van der Waals surface area contributed by atoms with E-state index in [0.717, 1.165) is 12.8 Å². The monoisotopic (exact) mass is 314 g/mol. The number of hydrogen-bond acceptors (Lipinski definition) is 4. The Bertz CT molecular complexity index is 588. The van der Waals surface area contributed by atoms with Gasteiger partial charge in [0.2, 0.25) is 10.0 Å². The molecule has 1 heterocycles. The van der Waals surface area contributed by atoms with Crippen LogP contribution in [0.4, 0.5) is 0 Å². The second-order valence-corrected chi connectivity index (χ2v) is 8.23. The van der Waals surface area contributed by atoms with Crippen molar-refractivity contribution in [1.82, 2.24) is 9.62 Å². The van der Waals surface area contributed by atoms with Crippen LogP contribution < -0.4 is 5.32 Å². The lowest BCUT2D eigenvalue weighted by molar-refractivity contribution is 0.356. The highest BCUT2D eigenvalue weighted by atomic mass is 32.2. The zero-order valence-corrected chi connectivity index (χ0v) is 14.3. The average molecular weight is 314 g/mol. The van der Waals surface area contributed by atoms with E-state index in [1.807, 2.05) is 20.8 Å². The molecule has 6 heteroatoms. The van der Waals surface area contributed by atoms with Crippen LogP contribution in [0.15, 0.2) is 15.4 Å². The highest BCUT2D eigenvalue weighted by Gasteiger charge is 2.37. The maximum atomic E-state index is 12.7. The Morgan fingerprint density at radius 3 is 2.52 bits per heavy atom. The molecule has 0 spiro atoms. The minimum Gasteiger partial charge on any atom is -0.464 e. The average Bonchev–Trinajstić information content (AvgIpc) is 3.18. The number of sulfonamides is 1. The third-order valence-electron chi connectivity index (χ3n) is 4.14. The Balaban J connectivity index is 2.19. The Hall–Kier alpha value is -0.850. The molecule has 1 fully saturated rings. The molecule has 1 aliphatic carbocycles. The quantitative estimate of drug-likeness (QED) is 0.840. The summed E-state index contributed by atoms with van der Waals surface area (Å²) in [4.78, 5) is 0.290. The van der Waals surface area contributed by atoms with Gasteiger partial charge in [0.1, 0.15) is 16.4 Å². The van der Waals surface area contributed by atoms with Crippen LogP contribution in [0, 0.1) is 12.8 Å². The van der Waals surface area contributed by atoms with Crippen LogP contribution in [0.5, 0.6) is 0 Å². The summed E-state index contributed by atoms with van der Waals surface area (Å²) in [5.41, 5.74) is 0. The Labute approximate surface area is 127 Å². The van der Waals surface area contributed by atoms with Gasteiger partial charge in [-0.05, 0) is 32.6 Å². The number of furan rings is 1. The molecule has 0 bridgehead atoms. The predicted octanol–water partition coefficient (Wildman–Crippen LogP) is 2.51. The molecule has 0 aliphatic heterocycles. The van der Waals surface area contributed by atoms with Gasteiger partial charge in [-0.1, -0.05) is 13.8 Å². The Morgan fingerprint density at radius 2 is 2.00 bits per heavy atom. The van der Waals surface area contributed by atoms with E-state index < -0.39 is 10.0 Å². The van der Waals surface area contributed by atoms with Crippen LogP contribution in [0.3, 0.4) is 0 Å². The molecule has 1 unspecified atom stereocenters. The highest BCUT2D eigenvalue weighted by molar-refractivity contribution is 7.89. The van der Waals surface area contributed by atoms with E-state index in [4.69, 9.17) is 4.42 Å². The SMILES string of the molecule is Cc1oc(CNC(C)C)cc1S(=O)(=O)N(C)C(C)C1CC1. The van der Waals surface area contributed by atoms with Gasteiger partial charge in [-0.2, -0.15) is 4.31 Å². The fourth-order valence-electron chi connectivity index (χ4n) is 2.42. The molecule has 21 heavy (non-hydrogen) atoms.